The molecule has 0 bridgehead atoms. The molecule has 2 aromatic carbocycles. The van der Waals surface area contributed by atoms with Gasteiger partial charge in [0.1, 0.15) is 11.5 Å². The average Bonchev–Trinajstić information content (AvgIpc) is 2.47. The zero-order valence-corrected chi connectivity index (χ0v) is 12.2. The normalized spacial score (nSPS) is 10.4. The summed E-state index contributed by atoms with van der Waals surface area (Å²) >= 11 is 0. The quantitative estimate of drug-likeness (QED) is 0.777. The lowest BCUT2D eigenvalue weighted by atomic mass is 10.3. The van der Waals surface area contributed by atoms with Crippen LogP contribution in [0.25, 0.3) is 0 Å². The number of hydrogen-bond donors (Lipinski definition) is 0. The standard InChI is InChI=1S/C15H18O2Si/c1-16-12-4-8-14(9-5-12)18(3)15-10-6-13(17-2)7-11-15/h4-11,18H,1-3H3. The Morgan fingerprint density at radius 3 is 1.28 bits per heavy atom. The van der Waals surface area contributed by atoms with Gasteiger partial charge < -0.3 is 9.47 Å². The van der Waals surface area contributed by atoms with Crippen LogP contribution in [0, 0.1) is 0 Å². The second-order valence-electron chi connectivity index (χ2n) is 4.27. The first-order valence-corrected chi connectivity index (χ1v) is 8.33. The summed E-state index contributed by atoms with van der Waals surface area (Å²) < 4.78 is 10.4. The van der Waals surface area contributed by atoms with Gasteiger partial charge in [-0.15, -0.1) is 0 Å². The van der Waals surface area contributed by atoms with E-state index < -0.39 is 8.80 Å². The van der Waals surface area contributed by atoms with Crippen LogP contribution in [-0.2, 0) is 0 Å². The van der Waals surface area contributed by atoms with Gasteiger partial charge >= 0.3 is 0 Å². The minimum atomic E-state index is -1.09. The molecule has 0 spiro atoms. The molecule has 2 rings (SSSR count). The van der Waals surface area contributed by atoms with E-state index in [1.54, 1.807) is 14.2 Å². The second-order valence-corrected chi connectivity index (χ2v) is 7.04. The van der Waals surface area contributed by atoms with Gasteiger partial charge in [-0.25, -0.2) is 0 Å². The van der Waals surface area contributed by atoms with Gasteiger partial charge in [0.25, 0.3) is 0 Å². The van der Waals surface area contributed by atoms with Crippen molar-refractivity contribution in [1.29, 1.82) is 0 Å². The van der Waals surface area contributed by atoms with Crippen molar-refractivity contribution in [2.45, 2.75) is 6.55 Å². The number of methoxy groups -OCH3 is 2. The topological polar surface area (TPSA) is 18.5 Å². The summed E-state index contributed by atoms with van der Waals surface area (Å²) in [5.74, 6) is 1.82. The Labute approximate surface area is 110 Å². The SMILES string of the molecule is COc1ccc([SiH](C)c2ccc(OC)cc2)cc1. The average molecular weight is 258 g/mol. The first-order valence-electron chi connectivity index (χ1n) is 6.02. The molecular weight excluding hydrogens is 240 g/mol. The van der Waals surface area contributed by atoms with Crippen molar-refractivity contribution in [3.8, 4) is 11.5 Å². The van der Waals surface area contributed by atoms with E-state index in [0.717, 1.165) is 11.5 Å². The molecule has 18 heavy (non-hydrogen) atoms. The maximum absolute atomic E-state index is 5.18. The van der Waals surface area contributed by atoms with E-state index in [1.165, 1.54) is 10.4 Å². The van der Waals surface area contributed by atoms with E-state index in [4.69, 9.17) is 9.47 Å². The number of rotatable bonds is 4. The van der Waals surface area contributed by atoms with Gasteiger partial charge in [-0.05, 0) is 24.3 Å². The largest absolute Gasteiger partial charge is 0.497 e. The van der Waals surface area contributed by atoms with Crippen LogP contribution in [0.4, 0.5) is 0 Å². The van der Waals surface area contributed by atoms with Crippen molar-refractivity contribution in [1.82, 2.24) is 0 Å². The highest BCUT2D eigenvalue weighted by atomic mass is 28.3. The molecule has 94 valence electrons. The van der Waals surface area contributed by atoms with Crippen LogP contribution in [0.1, 0.15) is 0 Å². The minimum Gasteiger partial charge on any atom is -0.497 e. The fourth-order valence-corrected chi connectivity index (χ4v) is 3.90. The summed E-state index contributed by atoms with van der Waals surface area (Å²) in [5, 5.41) is 2.84. The monoisotopic (exact) mass is 258 g/mol. The third-order valence-corrected chi connectivity index (χ3v) is 6.00. The first kappa shape index (κ1) is 12.7. The molecule has 0 aromatic heterocycles. The van der Waals surface area contributed by atoms with E-state index >= 15 is 0 Å². The maximum atomic E-state index is 5.18. The van der Waals surface area contributed by atoms with Gasteiger partial charge in [0.15, 0.2) is 0 Å². The van der Waals surface area contributed by atoms with Gasteiger partial charge in [0.05, 0.1) is 23.0 Å². The number of hydrogen-bond acceptors (Lipinski definition) is 2. The Hall–Kier alpha value is -1.74. The number of benzene rings is 2. The van der Waals surface area contributed by atoms with Crippen LogP contribution < -0.4 is 19.8 Å². The summed E-state index contributed by atoms with van der Waals surface area (Å²) in [5.41, 5.74) is 0. The van der Waals surface area contributed by atoms with Gasteiger partial charge in [0.2, 0.25) is 0 Å². The Morgan fingerprint density at radius 1 is 0.667 bits per heavy atom. The van der Waals surface area contributed by atoms with Gasteiger partial charge in [-0.1, -0.05) is 41.2 Å². The zero-order valence-electron chi connectivity index (χ0n) is 11.0. The van der Waals surface area contributed by atoms with Gasteiger partial charge in [-0.2, -0.15) is 0 Å². The second kappa shape index (κ2) is 5.73. The van der Waals surface area contributed by atoms with Crippen molar-refractivity contribution < 1.29 is 9.47 Å². The molecule has 0 atom stereocenters. The zero-order chi connectivity index (χ0) is 13.0. The molecule has 0 aliphatic heterocycles. The van der Waals surface area contributed by atoms with Crippen molar-refractivity contribution in [3.05, 3.63) is 48.5 Å². The molecular formula is C15H18O2Si. The summed E-state index contributed by atoms with van der Waals surface area (Å²) in [6.45, 7) is 2.34. The lowest BCUT2D eigenvalue weighted by Gasteiger charge is -2.12. The molecule has 3 heteroatoms. The predicted molar refractivity (Wildman–Crippen MR) is 78.3 cm³/mol. The maximum Gasteiger partial charge on any atom is 0.118 e. The van der Waals surface area contributed by atoms with Crippen molar-refractivity contribution in [2.24, 2.45) is 0 Å². The predicted octanol–water partition coefficient (Wildman–Crippen LogP) is 1.67. The van der Waals surface area contributed by atoms with Gasteiger partial charge in [0, 0.05) is 0 Å². The fraction of sp³-hybridized carbons (Fsp3) is 0.200. The summed E-state index contributed by atoms with van der Waals surface area (Å²) in [4.78, 5) is 0. The Morgan fingerprint density at radius 2 is 1.00 bits per heavy atom. The summed E-state index contributed by atoms with van der Waals surface area (Å²) in [6, 6.07) is 16.8. The van der Waals surface area contributed by atoms with Crippen LogP contribution >= 0.6 is 0 Å². The molecule has 0 unspecified atom stereocenters. The van der Waals surface area contributed by atoms with Crippen LogP contribution in [0.15, 0.2) is 48.5 Å². The van der Waals surface area contributed by atoms with Crippen molar-refractivity contribution in [2.75, 3.05) is 14.2 Å². The van der Waals surface area contributed by atoms with Crippen molar-refractivity contribution >= 4 is 19.2 Å². The Balaban J connectivity index is 2.20. The smallest absolute Gasteiger partial charge is 0.118 e. The molecule has 0 saturated heterocycles. The van der Waals surface area contributed by atoms with Crippen LogP contribution in [-0.4, -0.2) is 23.0 Å². The summed E-state index contributed by atoms with van der Waals surface area (Å²) in [7, 11) is 2.29. The third kappa shape index (κ3) is 2.74. The third-order valence-electron chi connectivity index (χ3n) is 3.23. The molecule has 0 N–H and O–H groups in total. The molecule has 0 aliphatic rings. The van der Waals surface area contributed by atoms with Crippen LogP contribution in [0.2, 0.25) is 6.55 Å². The molecule has 2 nitrogen and oxygen atoms in total. The van der Waals surface area contributed by atoms with Gasteiger partial charge in [-0.3, -0.25) is 0 Å². The van der Waals surface area contributed by atoms with Crippen molar-refractivity contribution in [3.63, 3.8) is 0 Å². The van der Waals surface area contributed by atoms with E-state index in [-0.39, 0.29) is 0 Å². The van der Waals surface area contributed by atoms with E-state index in [9.17, 15) is 0 Å². The van der Waals surface area contributed by atoms with E-state index in [0.29, 0.717) is 0 Å². The highest BCUT2D eigenvalue weighted by Crippen LogP contribution is 2.08. The first-order chi connectivity index (χ1) is 8.74. The molecule has 0 fully saturated rings. The van der Waals surface area contributed by atoms with E-state index in [2.05, 4.69) is 30.8 Å². The van der Waals surface area contributed by atoms with Crippen LogP contribution in [0.5, 0.6) is 11.5 Å². The Bertz CT molecular complexity index is 443. The molecule has 2 aromatic rings. The fourth-order valence-electron chi connectivity index (χ4n) is 1.98. The molecule has 0 aliphatic carbocycles. The summed E-state index contributed by atoms with van der Waals surface area (Å²) in [6.07, 6.45) is 0. The molecule has 0 radical (unpaired) electrons. The molecule has 0 amide bonds. The molecule has 0 saturated carbocycles. The van der Waals surface area contributed by atoms with E-state index in [1.807, 2.05) is 24.3 Å². The number of ether oxygens (including phenoxy) is 2. The highest BCUT2D eigenvalue weighted by Gasteiger charge is 2.10. The highest BCUT2D eigenvalue weighted by molar-refractivity contribution is 6.84. The molecule has 0 heterocycles. The minimum absolute atomic E-state index is 0.912. The Kier molecular flexibility index (Phi) is 4.05. The van der Waals surface area contributed by atoms with Crippen LogP contribution in [0.3, 0.4) is 0 Å². The lowest BCUT2D eigenvalue weighted by Crippen LogP contribution is -2.38. The lowest BCUT2D eigenvalue weighted by molar-refractivity contribution is 0.415.